The molecule has 0 amide bonds. The van der Waals surface area contributed by atoms with E-state index >= 15 is 0 Å². The smallest absolute Gasteiger partial charge is 0.0245 e. The van der Waals surface area contributed by atoms with Gasteiger partial charge in [-0.3, -0.25) is 4.90 Å². The molecule has 0 aliphatic heterocycles. The summed E-state index contributed by atoms with van der Waals surface area (Å²) in [7, 11) is 0. The second kappa shape index (κ2) is 6.79. The fourth-order valence-electron chi connectivity index (χ4n) is 2.68. The molecule has 106 valence electrons. The molecule has 3 heteroatoms. The highest BCUT2D eigenvalue weighted by atomic mass is 32.1. The Bertz CT molecular complexity index is 505. The molecule has 1 aliphatic carbocycles. The first-order valence-corrected chi connectivity index (χ1v) is 8.85. The maximum atomic E-state index is 4.58. The first-order chi connectivity index (χ1) is 9.86. The summed E-state index contributed by atoms with van der Waals surface area (Å²) < 4.78 is 0. The fourth-order valence-corrected chi connectivity index (χ4v) is 3.66. The van der Waals surface area contributed by atoms with E-state index in [0.29, 0.717) is 5.92 Å². The molecule has 1 aromatic heterocycles. The molecule has 1 heterocycles. The van der Waals surface area contributed by atoms with E-state index in [9.17, 15) is 0 Å². The van der Waals surface area contributed by atoms with Crippen LogP contribution in [0.25, 0.3) is 0 Å². The van der Waals surface area contributed by atoms with Crippen LogP contribution in [-0.4, -0.2) is 23.2 Å². The minimum absolute atomic E-state index is 0.527. The van der Waals surface area contributed by atoms with Crippen LogP contribution < -0.4 is 0 Å². The third-order valence-electron chi connectivity index (χ3n) is 3.98. The third-order valence-corrected chi connectivity index (χ3v) is 5.15. The molecule has 1 aliphatic rings. The zero-order chi connectivity index (χ0) is 13.8. The average molecular weight is 303 g/mol. The Balaban J connectivity index is 1.68. The summed E-state index contributed by atoms with van der Waals surface area (Å²) >= 11 is 6.37. The van der Waals surface area contributed by atoms with E-state index in [0.717, 1.165) is 24.9 Å². The van der Waals surface area contributed by atoms with Crippen molar-refractivity contribution in [3.63, 3.8) is 0 Å². The number of benzene rings is 1. The van der Waals surface area contributed by atoms with Crippen LogP contribution in [0.15, 0.2) is 47.2 Å². The lowest BCUT2D eigenvalue weighted by Crippen LogP contribution is -2.31. The monoisotopic (exact) mass is 303 g/mol. The molecular formula is C17H21NS2. The fraction of sp³-hybridized carbons (Fsp3) is 0.412. The summed E-state index contributed by atoms with van der Waals surface area (Å²) in [5.74, 6) is 1.44. The highest BCUT2D eigenvalue weighted by Gasteiger charge is 2.30. The molecule has 1 saturated carbocycles. The topological polar surface area (TPSA) is 3.24 Å². The molecule has 20 heavy (non-hydrogen) atoms. The third kappa shape index (κ3) is 3.66. The van der Waals surface area contributed by atoms with Gasteiger partial charge in [0.2, 0.25) is 0 Å². The van der Waals surface area contributed by atoms with Gasteiger partial charge in [-0.05, 0) is 46.5 Å². The van der Waals surface area contributed by atoms with Gasteiger partial charge in [-0.1, -0.05) is 30.3 Å². The van der Waals surface area contributed by atoms with Gasteiger partial charge < -0.3 is 0 Å². The predicted octanol–water partition coefficient (Wildman–Crippen LogP) is 4.43. The van der Waals surface area contributed by atoms with Crippen molar-refractivity contribution < 1.29 is 0 Å². The standard InChI is InChI=1S/C17H21NS2/c19-12-16(15-4-2-1-3-5-15)11-18(17-6-7-17)10-14-8-9-20-13-14/h1-5,8-9,13,16-17,19H,6-7,10-12H2. The van der Waals surface area contributed by atoms with Gasteiger partial charge in [-0.15, -0.1) is 0 Å². The van der Waals surface area contributed by atoms with Gasteiger partial charge in [-0.2, -0.15) is 24.0 Å². The predicted molar refractivity (Wildman–Crippen MR) is 90.8 cm³/mol. The SMILES string of the molecule is SCC(CN(Cc1ccsc1)C1CC1)c1ccccc1. The molecule has 2 aromatic rings. The highest BCUT2D eigenvalue weighted by Crippen LogP contribution is 2.31. The van der Waals surface area contributed by atoms with Gasteiger partial charge in [0.05, 0.1) is 0 Å². The lowest BCUT2D eigenvalue weighted by atomic mass is 10.00. The Kier molecular flexibility index (Phi) is 4.81. The van der Waals surface area contributed by atoms with Crippen LogP contribution in [0, 0.1) is 0 Å². The van der Waals surface area contributed by atoms with E-state index in [-0.39, 0.29) is 0 Å². The number of nitrogens with zero attached hydrogens (tertiary/aromatic N) is 1. The second-order valence-electron chi connectivity index (χ2n) is 5.58. The van der Waals surface area contributed by atoms with Crippen molar-refractivity contribution >= 4 is 24.0 Å². The minimum atomic E-state index is 0.527. The maximum Gasteiger partial charge on any atom is 0.0245 e. The number of thiophene rings is 1. The van der Waals surface area contributed by atoms with Crippen molar-refractivity contribution in [2.45, 2.75) is 31.3 Å². The summed E-state index contributed by atoms with van der Waals surface area (Å²) in [6.07, 6.45) is 2.72. The van der Waals surface area contributed by atoms with Crippen LogP contribution in [-0.2, 0) is 6.54 Å². The Hall–Kier alpha value is -0.770. The van der Waals surface area contributed by atoms with E-state index in [1.807, 2.05) is 0 Å². The zero-order valence-electron chi connectivity index (χ0n) is 11.6. The lowest BCUT2D eigenvalue weighted by molar-refractivity contribution is 0.243. The summed E-state index contributed by atoms with van der Waals surface area (Å²) in [5.41, 5.74) is 2.87. The molecular weight excluding hydrogens is 282 g/mol. The molecule has 3 rings (SSSR count). The van der Waals surface area contributed by atoms with Gasteiger partial charge in [0.25, 0.3) is 0 Å². The summed E-state index contributed by atoms with van der Waals surface area (Å²) in [5, 5.41) is 4.45. The first-order valence-electron chi connectivity index (χ1n) is 7.27. The summed E-state index contributed by atoms with van der Waals surface area (Å²) in [6.45, 7) is 2.21. The largest absolute Gasteiger partial charge is 0.295 e. The Morgan fingerprint density at radius 1 is 1.20 bits per heavy atom. The van der Waals surface area contributed by atoms with E-state index in [1.165, 1.54) is 24.0 Å². The quantitative estimate of drug-likeness (QED) is 0.741. The van der Waals surface area contributed by atoms with Crippen LogP contribution >= 0.6 is 24.0 Å². The van der Waals surface area contributed by atoms with Gasteiger partial charge in [0.15, 0.2) is 0 Å². The maximum absolute atomic E-state index is 4.58. The zero-order valence-corrected chi connectivity index (χ0v) is 13.3. The molecule has 0 saturated heterocycles. The number of hydrogen-bond donors (Lipinski definition) is 1. The second-order valence-corrected chi connectivity index (χ2v) is 6.73. The molecule has 0 spiro atoms. The van der Waals surface area contributed by atoms with Crippen molar-refractivity contribution in [2.75, 3.05) is 12.3 Å². The van der Waals surface area contributed by atoms with E-state index in [2.05, 4.69) is 64.7 Å². The van der Waals surface area contributed by atoms with Crippen molar-refractivity contribution in [2.24, 2.45) is 0 Å². The van der Waals surface area contributed by atoms with E-state index in [4.69, 9.17) is 0 Å². The van der Waals surface area contributed by atoms with Crippen LogP contribution in [0.1, 0.15) is 29.9 Å². The molecule has 1 aromatic carbocycles. The van der Waals surface area contributed by atoms with Crippen LogP contribution in [0.3, 0.4) is 0 Å². The lowest BCUT2D eigenvalue weighted by Gasteiger charge is -2.27. The van der Waals surface area contributed by atoms with Crippen molar-refractivity contribution in [1.82, 2.24) is 4.90 Å². The summed E-state index contributed by atoms with van der Waals surface area (Å²) in [4.78, 5) is 2.65. The summed E-state index contributed by atoms with van der Waals surface area (Å²) in [6, 6.07) is 13.9. The molecule has 1 unspecified atom stereocenters. The van der Waals surface area contributed by atoms with Crippen molar-refractivity contribution in [3.8, 4) is 0 Å². The molecule has 0 N–H and O–H groups in total. The molecule has 0 bridgehead atoms. The number of hydrogen-bond acceptors (Lipinski definition) is 3. The van der Waals surface area contributed by atoms with Crippen molar-refractivity contribution in [1.29, 1.82) is 0 Å². The van der Waals surface area contributed by atoms with E-state index < -0.39 is 0 Å². The Morgan fingerprint density at radius 3 is 2.60 bits per heavy atom. The highest BCUT2D eigenvalue weighted by molar-refractivity contribution is 7.80. The van der Waals surface area contributed by atoms with Gasteiger partial charge in [0.1, 0.15) is 0 Å². The minimum Gasteiger partial charge on any atom is -0.295 e. The van der Waals surface area contributed by atoms with Gasteiger partial charge >= 0.3 is 0 Å². The molecule has 1 fully saturated rings. The van der Waals surface area contributed by atoms with Gasteiger partial charge in [-0.25, -0.2) is 0 Å². The molecule has 1 atom stereocenters. The number of rotatable bonds is 7. The average Bonchev–Trinajstić information content (AvgIpc) is 3.22. The normalized spacial score (nSPS) is 16.5. The first kappa shape index (κ1) is 14.2. The van der Waals surface area contributed by atoms with Crippen molar-refractivity contribution in [3.05, 3.63) is 58.3 Å². The molecule has 0 radical (unpaired) electrons. The molecule has 1 nitrogen and oxygen atoms in total. The van der Waals surface area contributed by atoms with Crippen LogP contribution in [0.4, 0.5) is 0 Å². The number of thiol groups is 1. The Labute approximate surface area is 131 Å². The van der Waals surface area contributed by atoms with E-state index in [1.54, 1.807) is 11.3 Å². The van der Waals surface area contributed by atoms with Gasteiger partial charge in [0, 0.05) is 25.0 Å². The van der Waals surface area contributed by atoms with Crippen LogP contribution in [0.5, 0.6) is 0 Å². The Morgan fingerprint density at radius 2 is 2.00 bits per heavy atom. The van der Waals surface area contributed by atoms with Crippen LogP contribution in [0.2, 0.25) is 0 Å².